The number of fused-ring (bicyclic) bond motifs is 1. The Kier molecular flexibility index (Phi) is 4.46. The Hall–Kier alpha value is -2.56. The zero-order valence-corrected chi connectivity index (χ0v) is 13.5. The minimum atomic E-state index is -0.225. The number of rotatable bonds is 6. The van der Waals surface area contributed by atoms with E-state index in [1.165, 1.54) is 6.26 Å². The highest BCUT2D eigenvalue weighted by atomic mass is 16.3. The molecule has 5 nitrogen and oxygen atoms in total. The van der Waals surface area contributed by atoms with Crippen LogP contribution in [0.15, 0.2) is 47.1 Å². The molecule has 0 aliphatic carbocycles. The molecule has 0 unspecified atom stereocenters. The number of furan rings is 1. The molecule has 1 N–H and O–H groups in total. The fourth-order valence-corrected chi connectivity index (χ4v) is 2.72. The average molecular weight is 311 g/mol. The molecule has 0 spiro atoms. The molecule has 120 valence electrons. The molecule has 0 saturated carbocycles. The summed E-state index contributed by atoms with van der Waals surface area (Å²) in [6.45, 7) is 5.01. The van der Waals surface area contributed by atoms with Gasteiger partial charge in [0.25, 0.3) is 5.91 Å². The highest BCUT2D eigenvalue weighted by Gasteiger charge is 2.19. The van der Waals surface area contributed by atoms with Gasteiger partial charge in [-0.05, 0) is 37.6 Å². The number of aromatic nitrogens is 2. The third-order valence-electron chi connectivity index (χ3n) is 3.90. The Morgan fingerprint density at radius 3 is 2.87 bits per heavy atom. The maximum Gasteiger partial charge on any atom is 0.287 e. The van der Waals surface area contributed by atoms with Gasteiger partial charge in [-0.1, -0.05) is 25.5 Å². The van der Waals surface area contributed by atoms with Gasteiger partial charge in [-0.25, -0.2) is 4.98 Å². The van der Waals surface area contributed by atoms with Crippen LogP contribution >= 0.6 is 0 Å². The number of hydrogen-bond acceptors (Lipinski definition) is 3. The summed E-state index contributed by atoms with van der Waals surface area (Å²) < 4.78 is 7.35. The molecular weight excluding hydrogens is 290 g/mol. The summed E-state index contributed by atoms with van der Waals surface area (Å²) in [5, 5.41) is 2.96. The summed E-state index contributed by atoms with van der Waals surface area (Å²) in [7, 11) is 0. The van der Waals surface area contributed by atoms with Crippen LogP contribution in [0.2, 0.25) is 0 Å². The molecule has 2 aromatic heterocycles. The van der Waals surface area contributed by atoms with Gasteiger partial charge in [0.2, 0.25) is 0 Å². The summed E-state index contributed by atoms with van der Waals surface area (Å²) in [5.74, 6) is 0.962. The molecule has 0 fully saturated rings. The number of para-hydroxylation sites is 2. The maximum atomic E-state index is 12.2. The highest BCUT2D eigenvalue weighted by Crippen LogP contribution is 2.22. The van der Waals surface area contributed by atoms with Crippen LogP contribution in [0.1, 0.15) is 49.1 Å². The molecule has 0 aliphatic rings. The summed E-state index contributed by atoms with van der Waals surface area (Å²) in [6.07, 6.45) is 3.68. The van der Waals surface area contributed by atoms with Crippen LogP contribution < -0.4 is 5.32 Å². The number of nitrogens with zero attached hydrogens (tertiary/aromatic N) is 2. The Morgan fingerprint density at radius 2 is 2.13 bits per heavy atom. The number of carbonyl (C=O) groups is 1. The Morgan fingerprint density at radius 1 is 1.30 bits per heavy atom. The molecular formula is C18H21N3O2. The van der Waals surface area contributed by atoms with E-state index >= 15 is 0 Å². The first-order valence-corrected chi connectivity index (χ1v) is 8.00. The predicted octanol–water partition coefficient (Wildman–Crippen LogP) is 3.92. The molecule has 1 atom stereocenters. The van der Waals surface area contributed by atoms with Crippen LogP contribution in [0.4, 0.5) is 0 Å². The number of carbonyl (C=O) groups excluding carboxylic acids is 1. The first-order valence-electron chi connectivity index (χ1n) is 8.00. The van der Waals surface area contributed by atoms with Crippen molar-refractivity contribution in [3.63, 3.8) is 0 Å². The lowest BCUT2D eigenvalue weighted by Crippen LogP contribution is -2.28. The fraction of sp³-hybridized carbons (Fsp3) is 0.333. The van der Waals surface area contributed by atoms with E-state index in [0.29, 0.717) is 5.76 Å². The first kappa shape index (κ1) is 15.3. The molecule has 0 bridgehead atoms. The van der Waals surface area contributed by atoms with Gasteiger partial charge in [-0.3, -0.25) is 4.79 Å². The lowest BCUT2D eigenvalue weighted by Gasteiger charge is -2.15. The number of nitrogens with one attached hydrogen (secondary N) is 1. The molecule has 1 aromatic carbocycles. The van der Waals surface area contributed by atoms with Crippen LogP contribution in [0.3, 0.4) is 0 Å². The number of aryl methyl sites for hydroxylation is 1. The summed E-state index contributed by atoms with van der Waals surface area (Å²) in [5.41, 5.74) is 2.06. The van der Waals surface area contributed by atoms with Gasteiger partial charge >= 0.3 is 0 Å². The van der Waals surface area contributed by atoms with Crippen LogP contribution in [0.25, 0.3) is 11.0 Å². The van der Waals surface area contributed by atoms with Gasteiger partial charge in [0, 0.05) is 6.54 Å². The second kappa shape index (κ2) is 6.69. The molecule has 0 aliphatic heterocycles. The Bertz CT molecular complexity index is 790. The molecule has 3 rings (SSSR count). The van der Waals surface area contributed by atoms with Gasteiger partial charge < -0.3 is 14.3 Å². The quantitative estimate of drug-likeness (QED) is 0.750. The second-order valence-corrected chi connectivity index (χ2v) is 5.64. The second-order valence-electron chi connectivity index (χ2n) is 5.64. The minimum Gasteiger partial charge on any atom is -0.459 e. The minimum absolute atomic E-state index is 0.197. The van der Waals surface area contributed by atoms with Crippen LogP contribution in [-0.2, 0) is 6.54 Å². The van der Waals surface area contributed by atoms with Gasteiger partial charge in [-0.2, -0.15) is 0 Å². The SMILES string of the molecule is CCCCn1c([C@@H](C)NC(=O)c2ccco2)nc2ccccc21. The van der Waals surface area contributed by atoms with Crippen LogP contribution in [-0.4, -0.2) is 15.5 Å². The van der Waals surface area contributed by atoms with E-state index in [9.17, 15) is 4.79 Å². The van der Waals surface area contributed by atoms with Crippen molar-refractivity contribution in [3.8, 4) is 0 Å². The van der Waals surface area contributed by atoms with Gasteiger partial charge in [0.15, 0.2) is 5.76 Å². The Labute approximate surface area is 135 Å². The summed E-state index contributed by atoms with van der Waals surface area (Å²) in [6, 6.07) is 11.2. The molecule has 23 heavy (non-hydrogen) atoms. The maximum absolute atomic E-state index is 12.2. The highest BCUT2D eigenvalue weighted by molar-refractivity contribution is 5.91. The Balaban J connectivity index is 1.89. The lowest BCUT2D eigenvalue weighted by molar-refractivity contribution is 0.0909. The van der Waals surface area contributed by atoms with E-state index in [1.807, 2.05) is 25.1 Å². The van der Waals surface area contributed by atoms with E-state index in [0.717, 1.165) is 36.2 Å². The predicted molar refractivity (Wildman–Crippen MR) is 89.2 cm³/mol. The number of imidazole rings is 1. The number of benzene rings is 1. The van der Waals surface area contributed by atoms with Crippen molar-refractivity contribution < 1.29 is 9.21 Å². The van der Waals surface area contributed by atoms with E-state index in [1.54, 1.807) is 12.1 Å². The van der Waals surface area contributed by atoms with E-state index in [2.05, 4.69) is 22.9 Å². The number of hydrogen-bond donors (Lipinski definition) is 1. The zero-order chi connectivity index (χ0) is 16.2. The third-order valence-corrected chi connectivity index (χ3v) is 3.90. The van der Waals surface area contributed by atoms with Crippen molar-refractivity contribution in [2.45, 2.75) is 39.3 Å². The monoisotopic (exact) mass is 311 g/mol. The normalized spacial score (nSPS) is 12.4. The van der Waals surface area contributed by atoms with Crippen molar-refractivity contribution in [1.29, 1.82) is 0 Å². The molecule has 3 aromatic rings. The van der Waals surface area contributed by atoms with Crippen molar-refractivity contribution in [2.24, 2.45) is 0 Å². The van der Waals surface area contributed by atoms with Crippen molar-refractivity contribution in [3.05, 3.63) is 54.2 Å². The van der Waals surface area contributed by atoms with Crippen LogP contribution in [0, 0.1) is 0 Å². The van der Waals surface area contributed by atoms with Gasteiger partial charge in [0.05, 0.1) is 23.3 Å². The van der Waals surface area contributed by atoms with Crippen molar-refractivity contribution in [2.75, 3.05) is 0 Å². The van der Waals surface area contributed by atoms with E-state index in [-0.39, 0.29) is 11.9 Å². The van der Waals surface area contributed by atoms with Gasteiger partial charge in [0.1, 0.15) is 5.82 Å². The molecule has 1 amide bonds. The van der Waals surface area contributed by atoms with Crippen molar-refractivity contribution >= 4 is 16.9 Å². The fourth-order valence-electron chi connectivity index (χ4n) is 2.72. The standard InChI is InChI=1S/C18H21N3O2/c1-3-4-11-21-15-9-6-5-8-14(15)20-17(21)13(2)19-18(22)16-10-7-12-23-16/h5-10,12-13H,3-4,11H2,1-2H3,(H,19,22)/t13-/m1/s1. The largest absolute Gasteiger partial charge is 0.459 e. The first-order chi connectivity index (χ1) is 11.2. The third kappa shape index (κ3) is 3.13. The topological polar surface area (TPSA) is 60.1 Å². The number of amides is 1. The average Bonchev–Trinajstić information content (AvgIpc) is 3.20. The molecule has 0 saturated heterocycles. The van der Waals surface area contributed by atoms with Crippen LogP contribution in [0.5, 0.6) is 0 Å². The van der Waals surface area contributed by atoms with Gasteiger partial charge in [-0.15, -0.1) is 0 Å². The summed E-state index contributed by atoms with van der Waals surface area (Å²) in [4.78, 5) is 16.9. The molecule has 5 heteroatoms. The summed E-state index contributed by atoms with van der Waals surface area (Å²) >= 11 is 0. The van der Waals surface area contributed by atoms with Crippen molar-refractivity contribution in [1.82, 2.24) is 14.9 Å². The zero-order valence-electron chi connectivity index (χ0n) is 13.5. The number of unbranched alkanes of at least 4 members (excludes halogenated alkanes) is 1. The molecule has 2 heterocycles. The smallest absolute Gasteiger partial charge is 0.287 e. The van der Waals surface area contributed by atoms with E-state index in [4.69, 9.17) is 9.40 Å². The molecule has 0 radical (unpaired) electrons. The lowest BCUT2D eigenvalue weighted by atomic mass is 10.2. The van der Waals surface area contributed by atoms with E-state index < -0.39 is 0 Å².